The van der Waals surface area contributed by atoms with Crippen LogP contribution in [0, 0.1) is 23.7 Å². The van der Waals surface area contributed by atoms with Crippen LogP contribution in [0.25, 0.3) is 0 Å². The number of carbonyl (C=O) groups is 1. The van der Waals surface area contributed by atoms with E-state index in [9.17, 15) is 4.79 Å². The molecule has 1 rings (SSSR count). The predicted molar refractivity (Wildman–Crippen MR) is 53.0 cm³/mol. The van der Waals surface area contributed by atoms with Crippen LogP contribution in [-0.2, 0) is 4.79 Å². The molecule has 1 saturated heterocycles. The Labute approximate surface area is 80.3 Å². The van der Waals surface area contributed by atoms with Crippen LogP contribution < -0.4 is 0 Å². The number of carbonyl (C=O) groups excluding carboxylic acids is 1. The summed E-state index contributed by atoms with van der Waals surface area (Å²) in [6.45, 7) is 7.94. The van der Waals surface area contributed by atoms with Crippen LogP contribution >= 0.6 is 0 Å². The van der Waals surface area contributed by atoms with E-state index in [1.54, 1.807) is 0 Å². The van der Waals surface area contributed by atoms with Crippen molar-refractivity contribution < 1.29 is 4.79 Å². The molecule has 0 spiro atoms. The molecule has 0 aliphatic carbocycles. The number of likely N-dealkylation sites (tertiary alicyclic amines) is 1. The average Bonchev–Trinajstić information content (AvgIpc) is 2.29. The Bertz CT molecular complexity index is 244. The molecule has 2 nitrogen and oxygen atoms in total. The van der Waals surface area contributed by atoms with Gasteiger partial charge in [-0.15, -0.1) is 12.3 Å². The van der Waals surface area contributed by atoms with Crippen molar-refractivity contribution in [2.24, 2.45) is 11.3 Å². The lowest BCUT2D eigenvalue weighted by Gasteiger charge is -2.26. The smallest absolute Gasteiger partial charge is 0.223 e. The highest BCUT2D eigenvalue weighted by molar-refractivity contribution is 5.79. The Kier molecular flexibility index (Phi) is 2.66. The van der Waals surface area contributed by atoms with Gasteiger partial charge in [0.2, 0.25) is 5.91 Å². The first kappa shape index (κ1) is 10.1. The number of hydrogen-bond acceptors (Lipinski definition) is 1. The summed E-state index contributed by atoms with van der Waals surface area (Å²) < 4.78 is 0. The molecule has 0 saturated carbocycles. The van der Waals surface area contributed by atoms with Gasteiger partial charge in [0.05, 0.1) is 0 Å². The Morgan fingerprint density at radius 1 is 1.62 bits per heavy atom. The van der Waals surface area contributed by atoms with Crippen LogP contribution in [-0.4, -0.2) is 23.9 Å². The van der Waals surface area contributed by atoms with Crippen molar-refractivity contribution in [2.45, 2.75) is 27.2 Å². The van der Waals surface area contributed by atoms with Crippen molar-refractivity contribution in [2.75, 3.05) is 13.1 Å². The Morgan fingerprint density at radius 2 is 2.23 bits per heavy atom. The molecule has 0 N–H and O–H groups in total. The molecule has 0 bridgehead atoms. The van der Waals surface area contributed by atoms with Crippen molar-refractivity contribution in [1.29, 1.82) is 0 Å². The molecule has 2 heteroatoms. The molecule has 0 aromatic carbocycles. The van der Waals surface area contributed by atoms with Crippen molar-refractivity contribution in [3.8, 4) is 12.3 Å². The molecule has 1 amide bonds. The fourth-order valence-electron chi connectivity index (χ4n) is 1.61. The van der Waals surface area contributed by atoms with Crippen molar-refractivity contribution in [3.05, 3.63) is 0 Å². The average molecular weight is 179 g/mol. The molecule has 1 fully saturated rings. The van der Waals surface area contributed by atoms with E-state index < -0.39 is 0 Å². The molecule has 0 aromatic heterocycles. The minimum atomic E-state index is 0.134. The van der Waals surface area contributed by atoms with Crippen LogP contribution in [0.4, 0.5) is 0 Å². The van der Waals surface area contributed by atoms with Gasteiger partial charge in [-0.3, -0.25) is 4.79 Å². The second-order valence-corrected chi connectivity index (χ2v) is 4.90. The zero-order chi connectivity index (χ0) is 10.1. The van der Waals surface area contributed by atoms with Gasteiger partial charge in [-0.25, -0.2) is 0 Å². The number of hydrogen-bond donors (Lipinski definition) is 0. The summed E-state index contributed by atoms with van der Waals surface area (Å²) in [5.74, 6) is 2.99. The van der Waals surface area contributed by atoms with Gasteiger partial charge < -0.3 is 4.90 Å². The Morgan fingerprint density at radius 3 is 2.62 bits per heavy atom. The van der Waals surface area contributed by atoms with Crippen molar-refractivity contribution in [1.82, 2.24) is 4.90 Å². The summed E-state index contributed by atoms with van der Waals surface area (Å²) in [5.41, 5.74) is 0.166. The zero-order valence-corrected chi connectivity index (χ0v) is 8.63. The third-order valence-corrected chi connectivity index (χ3v) is 2.12. The molecule has 1 aliphatic heterocycles. The van der Waals surface area contributed by atoms with Gasteiger partial charge in [0.15, 0.2) is 0 Å². The number of terminal acetylenes is 1. The van der Waals surface area contributed by atoms with Crippen LogP contribution in [0.15, 0.2) is 0 Å². The van der Waals surface area contributed by atoms with Crippen LogP contribution in [0.1, 0.15) is 27.2 Å². The highest BCUT2D eigenvalue weighted by atomic mass is 16.2. The normalized spacial score (nSPS) is 23.4. The van der Waals surface area contributed by atoms with E-state index >= 15 is 0 Å². The standard InChI is InChI=1S/C11H17NO/c1-5-9-6-10(13)12(7-9)8-11(2,3)4/h1,9H,6-8H2,2-4H3. The molecular formula is C11H17NO. The van der Waals surface area contributed by atoms with Crippen molar-refractivity contribution >= 4 is 5.91 Å². The first-order valence-electron chi connectivity index (χ1n) is 4.66. The summed E-state index contributed by atoms with van der Waals surface area (Å²) in [6.07, 6.45) is 5.83. The summed E-state index contributed by atoms with van der Waals surface area (Å²) in [5, 5.41) is 0. The van der Waals surface area contributed by atoms with Gasteiger partial charge in [-0.2, -0.15) is 0 Å². The molecule has 0 aromatic rings. The third kappa shape index (κ3) is 2.77. The summed E-state index contributed by atoms with van der Waals surface area (Å²) in [6, 6.07) is 0. The van der Waals surface area contributed by atoms with E-state index in [2.05, 4.69) is 26.7 Å². The van der Waals surface area contributed by atoms with E-state index in [-0.39, 0.29) is 17.2 Å². The number of nitrogens with zero attached hydrogens (tertiary/aromatic N) is 1. The lowest BCUT2D eigenvalue weighted by molar-refractivity contribution is -0.128. The topological polar surface area (TPSA) is 20.3 Å². The molecular weight excluding hydrogens is 162 g/mol. The zero-order valence-electron chi connectivity index (χ0n) is 8.63. The number of amides is 1. The monoisotopic (exact) mass is 179 g/mol. The molecule has 13 heavy (non-hydrogen) atoms. The molecule has 72 valence electrons. The maximum atomic E-state index is 11.5. The largest absolute Gasteiger partial charge is 0.341 e. The van der Waals surface area contributed by atoms with Crippen LogP contribution in [0.3, 0.4) is 0 Å². The summed E-state index contributed by atoms with van der Waals surface area (Å²) in [7, 11) is 0. The first-order valence-corrected chi connectivity index (χ1v) is 4.66. The predicted octanol–water partition coefficient (Wildman–Crippen LogP) is 1.51. The Balaban J connectivity index is 2.55. The van der Waals surface area contributed by atoms with Crippen molar-refractivity contribution in [3.63, 3.8) is 0 Å². The minimum absolute atomic E-state index is 0.134. The third-order valence-electron chi connectivity index (χ3n) is 2.12. The highest BCUT2D eigenvalue weighted by Crippen LogP contribution is 2.22. The van der Waals surface area contributed by atoms with Gasteiger partial charge >= 0.3 is 0 Å². The first-order chi connectivity index (χ1) is 5.92. The number of rotatable bonds is 1. The quantitative estimate of drug-likeness (QED) is 0.559. The van der Waals surface area contributed by atoms with E-state index in [0.29, 0.717) is 6.42 Å². The molecule has 1 atom stereocenters. The van der Waals surface area contributed by atoms with E-state index in [1.165, 1.54) is 0 Å². The Hall–Kier alpha value is -0.970. The summed E-state index contributed by atoms with van der Waals surface area (Å²) in [4.78, 5) is 13.3. The lowest BCUT2D eigenvalue weighted by Crippen LogP contribution is -2.33. The van der Waals surface area contributed by atoms with Gasteiger partial charge in [0.1, 0.15) is 0 Å². The molecule has 1 aliphatic rings. The molecule has 0 radical (unpaired) electrons. The van der Waals surface area contributed by atoms with Gasteiger partial charge in [0, 0.05) is 25.4 Å². The van der Waals surface area contributed by atoms with Gasteiger partial charge in [-0.1, -0.05) is 20.8 Å². The van der Waals surface area contributed by atoms with E-state index in [4.69, 9.17) is 6.42 Å². The maximum absolute atomic E-state index is 11.5. The fraction of sp³-hybridized carbons (Fsp3) is 0.727. The lowest BCUT2D eigenvalue weighted by atomic mass is 9.96. The molecule has 1 unspecified atom stereocenters. The van der Waals surface area contributed by atoms with E-state index in [0.717, 1.165) is 13.1 Å². The fourth-order valence-corrected chi connectivity index (χ4v) is 1.61. The van der Waals surface area contributed by atoms with Crippen LogP contribution in [0.2, 0.25) is 0 Å². The van der Waals surface area contributed by atoms with Gasteiger partial charge in [0.25, 0.3) is 0 Å². The maximum Gasteiger partial charge on any atom is 0.223 e. The molecule has 1 heterocycles. The highest BCUT2D eigenvalue weighted by Gasteiger charge is 2.30. The second-order valence-electron chi connectivity index (χ2n) is 4.90. The second kappa shape index (κ2) is 3.41. The minimum Gasteiger partial charge on any atom is -0.341 e. The van der Waals surface area contributed by atoms with Gasteiger partial charge in [-0.05, 0) is 5.41 Å². The SMILES string of the molecule is C#CC1CC(=O)N(CC(C)(C)C)C1. The van der Waals surface area contributed by atoms with E-state index in [1.807, 2.05) is 4.90 Å². The van der Waals surface area contributed by atoms with Crippen LogP contribution in [0.5, 0.6) is 0 Å². The summed E-state index contributed by atoms with van der Waals surface area (Å²) >= 11 is 0.